The molecule has 0 aromatic heterocycles. The molecule has 2 aromatic rings. The lowest BCUT2D eigenvalue weighted by atomic mass is 10.2. The van der Waals surface area contributed by atoms with Gasteiger partial charge in [-0.3, -0.25) is 0 Å². The van der Waals surface area contributed by atoms with Crippen LogP contribution in [0.15, 0.2) is 46.9 Å². The van der Waals surface area contributed by atoms with E-state index in [9.17, 15) is 4.39 Å². The SMILES string of the molecule is CC(C)NCc1ccc(Oc2cc(F)ccc2Br)cc1. The van der Waals surface area contributed by atoms with Gasteiger partial charge in [-0.1, -0.05) is 26.0 Å². The number of rotatable bonds is 5. The normalized spacial score (nSPS) is 10.8. The molecule has 106 valence electrons. The molecule has 2 rings (SSSR count). The van der Waals surface area contributed by atoms with E-state index in [4.69, 9.17) is 4.74 Å². The zero-order chi connectivity index (χ0) is 14.5. The smallest absolute Gasteiger partial charge is 0.144 e. The quantitative estimate of drug-likeness (QED) is 0.839. The summed E-state index contributed by atoms with van der Waals surface area (Å²) in [4.78, 5) is 0. The molecular formula is C16H17BrFNO. The van der Waals surface area contributed by atoms with Crippen molar-refractivity contribution >= 4 is 15.9 Å². The first-order valence-corrected chi connectivity index (χ1v) is 7.29. The Labute approximate surface area is 127 Å². The van der Waals surface area contributed by atoms with Crippen LogP contribution in [0.4, 0.5) is 4.39 Å². The van der Waals surface area contributed by atoms with Crippen LogP contribution in [0, 0.1) is 5.82 Å². The number of benzene rings is 2. The lowest BCUT2D eigenvalue weighted by molar-refractivity contribution is 0.473. The first kappa shape index (κ1) is 15.0. The summed E-state index contributed by atoms with van der Waals surface area (Å²) >= 11 is 3.34. The summed E-state index contributed by atoms with van der Waals surface area (Å²) in [5.41, 5.74) is 1.18. The number of ether oxygens (including phenoxy) is 1. The lowest BCUT2D eigenvalue weighted by Gasteiger charge is -2.10. The van der Waals surface area contributed by atoms with Crippen molar-refractivity contribution in [2.45, 2.75) is 26.4 Å². The molecule has 0 saturated heterocycles. The van der Waals surface area contributed by atoms with E-state index in [1.807, 2.05) is 24.3 Å². The van der Waals surface area contributed by atoms with Gasteiger partial charge in [0, 0.05) is 18.7 Å². The lowest BCUT2D eigenvalue weighted by Crippen LogP contribution is -2.21. The summed E-state index contributed by atoms with van der Waals surface area (Å²) in [6.07, 6.45) is 0. The van der Waals surface area contributed by atoms with Crippen LogP contribution >= 0.6 is 15.9 Å². The van der Waals surface area contributed by atoms with Crippen LogP contribution in [-0.2, 0) is 6.54 Å². The number of halogens is 2. The molecule has 0 aliphatic heterocycles. The van der Waals surface area contributed by atoms with Crippen molar-refractivity contribution in [2.75, 3.05) is 0 Å². The van der Waals surface area contributed by atoms with E-state index in [0.29, 0.717) is 17.5 Å². The van der Waals surface area contributed by atoms with Gasteiger partial charge < -0.3 is 10.1 Å². The van der Waals surface area contributed by atoms with Gasteiger partial charge in [0.2, 0.25) is 0 Å². The fourth-order valence-electron chi connectivity index (χ4n) is 1.68. The van der Waals surface area contributed by atoms with Gasteiger partial charge in [0.25, 0.3) is 0 Å². The summed E-state index contributed by atoms with van der Waals surface area (Å²) in [6.45, 7) is 5.04. The van der Waals surface area contributed by atoms with Gasteiger partial charge in [-0.05, 0) is 45.8 Å². The number of nitrogens with one attached hydrogen (secondary N) is 1. The summed E-state index contributed by atoms with van der Waals surface area (Å²) in [7, 11) is 0. The van der Waals surface area contributed by atoms with Crippen LogP contribution in [0.5, 0.6) is 11.5 Å². The molecule has 2 nitrogen and oxygen atoms in total. The van der Waals surface area contributed by atoms with Crippen molar-refractivity contribution in [1.29, 1.82) is 0 Å². The Kier molecular flexibility index (Phi) is 5.15. The highest BCUT2D eigenvalue weighted by atomic mass is 79.9. The fraction of sp³-hybridized carbons (Fsp3) is 0.250. The minimum Gasteiger partial charge on any atom is -0.456 e. The van der Waals surface area contributed by atoms with Crippen molar-refractivity contribution < 1.29 is 9.13 Å². The molecule has 0 aliphatic rings. The van der Waals surface area contributed by atoms with Crippen LogP contribution in [0.2, 0.25) is 0 Å². The predicted octanol–water partition coefficient (Wildman–Crippen LogP) is 4.88. The molecule has 0 radical (unpaired) electrons. The summed E-state index contributed by atoms with van der Waals surface area (Å²) in [5, 5.41) is 3.35. The Hall–Kier alpha value is -1.39. The Morgan fingerprint density at radius 2 is 1.85 bits per heavy atom. The molecule has 20 heavy (non-hydrogen) atoms. The standard InChI is InChI=1S/C16H17BrFNO/c1-11(2)19-10-12-3-6-14(7-4-12)20-16-9-13(18)5-8-15(16)17/h3-9,11,19H,10H2,1-2H3. The molecule has 1 N–H and O–H groups in total. The predicted molar refractivity (Wildman–Crippen MR) is 82.6 cm³/mol. The van der Waals surface area contributed by atoms with E-state index in [1.54, 1.807) is 6.07 Å². The van der Waals surface area contributed by atoms with Crippen LogP contribution < -0.4 is 10.1 Å². The maximum absolute atomic E-state index is 13.2. The van der Waals surface area contributed by atoms with Crippen LogP contribution in [0.1, 0.15) is 19.4 Å². The van der Waals surface area contributed by atoms with Gasteiger partial charge >= 0.3 is 0 Å². The third-order valence-corrected chi connectivity index (χ3v) is 3.41. The first-order chi connectivity index (χ1) is 9.54. The largest absolute Gasteiger partial charge is 0.456 e. The summed E-state index contributed by atoms with van der Waals surface area (Å²) in [6, 6.07) is 12.6. The minimum atomic E-state index is -0.319. The Morgan fingerprint density at radius 1 is 1.15 bits per heavy atom. The van der Waals surface area contributed by atoms with Crippen molar-refractivity contribution in [3.8, 4) is 11.5 Å². The molecule has 4 heteroatoms. The highest BCUT2D eigenvalue weighted by molar-refractivity contribution is 9.10. The van der Waals surface area contributed by atoms with E-state index in [2.05, 4.69) is 35.1 Å². The molecule has 0 spiro atoms. The summed E-state index contributed by atoms with van der Waals surface area (Å²) < 4.78 is 19.6. The van der Waals surface area contributed by atoms with Crippen molar-refractivity contribution in [1.82, 2.24) is 5.32 Å². The second-order valence-electron chi connectivity index (χ2n) is 4.86. The highest BCUT2D eigenvalue weighted by Gasteiger charge is 2.05. The van der Waals surface area contributed by atoms with E-state index >= 15 is 0 Å². The molecule has 0 saturated carbocycles. The molecular weight excluding hydrogens is 321 g/mol. The Bertz CT molecular complexity index is 569. The zero-order valence-corrected chi connectivity index (χ0v) is 13.1. The molecule has 0 bridgehead atoms. The van der Waals surface area contributed by atoms with Gasteiger partial charge in [-0.2, -0.15) is 0 Å². The van der Waals surface area contributed by atoms with Gasteiger partial charge in [-0.25, -0.2) is 4.39 Å². The average Bonchev–Trinajstić information content (AvgIpc) is 2.42. The highest BCUT2D eigenvalue weighted by Crippen LogP contribution is 2.30. The first-order valence-electron chi connectivity index (χ1n) is 6.50. The van der Waals surface area contributed by atoms with E-state index in [-0.39, 0.29) is 5.82 Å². The van der Waals surface area contributed by atoms with Crippen molar-refractivity contribution in [2.24, 2.45) is 0 Å². The third-order valence-electron chi connectivity index (χ3n) is 2.76. The molecule has 0 fully saturated rings. The topological polar surface area (TPSA) is 21.3 Å². The van der Waals surface area contributed by atoms with E-state index < -0.39 is 0 Å². The molecule has 0 unspecified atom stereocenters. The summed E-state index contributed by atoms with van der Waals surface area (Å²) in [5.74, 6) is 0.837. The van der Waals surface area contributed by atoms with Gasteiger partial charge in [0.1, 0.15) is 17.3 Å². The second kappa shape index (κ2) is 6.86. The van der Waals surface area contributed by atoms with Gasteiger partial charge in [0.05, 0.1) is 4.47 Å². The van der Waals surface area contributed by atoms with Crippen LogP contribution in [-0.4, -0.2) is 6.04 Å². The maximum atomic E-state index is 13.2. The molecule has 0 amide bonds. The van der Waals surface area contributed by atoms with Crippen LogP contribution in [0.25, 0.3) is 0 Å². The van der Waals surface area contributed by atoms with Crippen molar-refractivity contribution in [3.63, 3.8) is 0 Å². The molecule has 0 atom stereocenters. The van der Waals surface area contributed by atoms with Gasteiger partial charge in [-0.15, -0.1) is 0 Å². The average molecular weight is 338 g/mol. The van der Waals surface area contributed by atoms with E-state index in [0.717, 1.165) is 11.0 Å². The molecule has 2 aromatic carbocycles. The second-order valence-corrected chi connectivity index (χ2v) is 5.71. The zero-order valence-electron chi connectivity index (χ0n) is 11.5. The minimum absolute atomic E-state index is 0.319. The third kappa shape index (κ3) is 4.32. The molecule has 0 heterocycles. The van der Waals surface area contributed by atoms with Gasteiger partial charge in [0.15, 0.2) is 0 Å². The Morgan fingerprint density at radius 3 is 2.50 bits per heavy atom. The maximum Gasteiger partial charge on any atom is 0.144 e. The fourth-order valence-corrected chi connectivity index (χ4v) is 2.01. The number of hydrogen-bond acceptors (Lipinski definition) is 2. The number of hydrogen-bond donors (Lipinski definition) is 1. The van der Waals surface area contributed by atoms with E-state index in [1.165, 1.54) is 17.7 Å². The van der Waals surface area contributed by atoms with Crippen molar-refractivity contribution in [3.05, 3.63) is 58.3 Å². The van der Waals surface area contributed by atoms with Crippen LogP contribution in [0.3, 0.4) is 0 Å². The monoisotopic (exact) mass is 337 g/mol. The molecule has 0 aliphatic carbocycles. The Balaban J connectivity index is 2.05.